The number of carbonyl (C=O) groups excluding carboxylic acids is 1. The number of amides is 1. The van der Waals surface area contributed by atoms with Gasteiger partial charge in [0.25, 0.3) is 0 Å². The number of carboxylic acids is 1. The number of nitrogens with zero attached hydrogens (tertiary/aromatic N) is 1. The Hall–Kier alpha value is -2.35. The first-order valence-electron chi connectivity index (χ1n) is 6.16. The Morgan fingerprint density at radius 3 is 2.63 bits per heavy atom. The van der Waals surface area contributed by atoms with Crippen LogP contribution in [0.3, 0.4) is 0 Å². The zero-order valence-electron chi connectivity index (χ0n) is 10.3. The third kappa shape index (κ3) is 2.74. The van der Waals surface area contributed by atoms with E-state index in [9.17, 15) is 9.59 Å². The summed E-state index contributed by atoms with van der Waals surface area (Å²) < 4.78 is 0. The molecule has 0 heterocycles. The molecule has 1 aliphatic rings. The van der Waals surface area contributed by atoms with Gasteiger partial charge in [0.15, 0.2) is 0 Å². The second-order valence-corrected chi connectivity index (χ2v) is 4.63. The Morgan fingerprint density at radius 2 is 1.95 bits per heavy atom. The molecule has 2 N–H and O–H groups in total. The van der Waals surface area contributed by atoms with Crippen molar-refractivity contribution in [3.63, 3.8) is 0 Å². The van der Waals surface area contributed by atoms with Gasteiger partial charge in [0.1, 0.15) is 6.07 Å². The molecule has 0 spiro atoms. The number of rotatable bonds is 3. The van der Waals surface area contributed by atoms with Gasteiger partial charge in [-0.3, -0.25) is 9.59 Å². The molecule has 0 aromatic heterocycles. The first kappa shape index (κ1) is 13.1. The van der Waals surface area contributed by atoms with E-state index in [1.165, 1.54) is 0 Å². The lowest BCUT2D eigenvalue weighted by Crippen LogP contribution is -2.30. The molecule has 1 aromatic rings. The van der Waals surface area contributed by atoms with Crippen LogP contribution in [-0.4, -0.2) is 17.0 Å². The van der Waals surface area contributed by atoms with Crippen molar-refractivity contribution < 1.29 is 14.7 Å². The molecular formula is C14H14N2O3. The highest BCUT2D eigenvalue weighted by atomic mass is 16.4. The maximum Gasteiger partial charge on any atom is 0.307 e. The number of anilines is 1. The van der Waals surface area contributed by atoms with Crippen LogP contribution in [0.2, 0.25) is 0 Å². The van der Waals surface area contributed by atoms with Gasteiger partial charge in [-0.15, -0.1) is 0 Å². The predicted octanol–water partition coefficient (Wildman–Crippen LogP) is 2.00. The highest BCUT2D eigenvalue weighted by Gasteiger charge is 2.37. The molecule has 1 fully saturated rings. The van der Waals surface area contributed by atoms with Crippen molar-refractivity contribution in [2.75, 3.05) is 5.32 Å². The van der Waals surface area contributed by atoms with E-state index >= 15 is 0 Å². The van der Waals surface area contributed by atoms with Crippen molar-refractivity contribution in [3.8, 4) is 6.07 Å². The summed E-state index contributed by atoms with van der Waals surface area (Å²) in [4.78, 5) is 23.2. The van der Waals surface area contributed by atoms with Crippen LogP contribution >= 0.6 is 0 Å². The van der Waals surface area contributed by atoms with Gasteiger partial charge in [0.05, 0.1) is 23.1 Å². The van der Waals surface area contributed by atoms with Gasteiger partial charge >= 0.3 is 5.97 Å². The van der Waals surface area contributed by atoms with Crippen molar-refractivity contribution in [2.24, 2.45) is 11.8 Å². The van der Waals surface area contributed by atoms with Gasteiger partial charge in [-0.1, -0.05) is 18.6 Å². The summed E-state index contributed by atoms with van der Waals surface area (Å²) in [5.41, 5.74) is 0.812. The smallest absolute Gasteiger partial charge is 0.307 e. The molecule has 1 amide bonds. The Kier molecular flexibility index (Phi) is 3.81. The number of carboxylic acid groups (broad SMARTS) is 1. The minimum Gasteiger partial charge on any atom is -0.481 e. The fraction of sp³-hybridized carbons (Fsp3) is 0.357. The molecule has 2 rings (SSSR count). The highest BCUT2D eigenvalue weighted by Crippen LogP contribution is 2.33. The summed E-state index contributed by atoms with van der Waals surface area (Å²) in [5.74, 6) is -2.36. The molecule has 1 aliphatic carbocycles. The number of nitriles is 1. The lowest BCUT2D eigenvalue weighted by atomic mass is 9.95. The maximum absolute atomic E-state index is 12.1. The zero-order valence-corrected chi connectivity index (χ0v) is 10.3. The average Bonchev–Trinajstić information content (AvgIpc) is 2.88. The summed E-state index contributed by atoms with van der Waals surface area (Å²) in [6.45, 7) is 0. The second kappa shape index (κ2) is 5.53. The van der Waals surface area contributed by atoms with Crippen LogP contribution in [0.1, 0.15) is 24.8 Å². The lowest BCUT2D eigenvalue weighted by molar-refractivity contribution is -0.145. The molecule has 0 radical (unpaired) electrons. The van der Waals surface area contributed by atoms with Crippen LogP contribution in [-0.2, 0) is 9.59 Å². The van der Waals surface area contributed by atoms with E-state index in [0.29, 0.717) is 24.1 Å². The standard InChI is InChI=1S/C14H14N2O3/c15-8-9-4-1-2-7-12(9)16-13(17)10-5-3-6-11(10)14(18)19/h1-2,4,7,10-11H,3,5-6H2,(H,16,17)(H,18,19)/t10-,11+/m1/s1. The van der Waals surface area contributed by atoms with Crippen LogP contribution in [0.5, 0.6) is 0 Å². The van der Waals surface area contributed by atoms with Gasteiger partial charge in [0.2, 0.25) is 5.91 Å². The van der Waals surface area contributed by atoms with Gasteiger partial charge in [-0.05, 0) is 25.0 Å². The van der Waals surface area contributed by atoms with Gasteiger partial charge in [-0.2, -0.15) is 5.26 Å². The number of para-hydroxylation sites is 1. The Balaban J connectivity index is 2.13. The third-order valence-corrected chi connectivity index (χ3v) is 3.48. The number of nitrogens with one attached hydrogen (secondary N) is 1. The van der Waals surface area contributed by atoms with E-state index in [1.54, 1.807) is 24.3 Å². The third-order valence-electron chi connectivity index (χ3n) is 3.48. The van der Waals surface area contributed by atoms with Crippen molar-refractivity contribution in [2.45, 2.75) is 19.3 Å². The summed E-state index contributed by atoms with van der Waals surface area (Å²) in [7, 11) is 0. The molecule has 1 saturated carbocycles. The Labute approximate surface area is 110 Å². The first-order chi connectivity index (χ1) is 9.13. The van der Waals surface area contributed by atoms with Gasteiger partial charge in [0, 0.05) is 0 Å². The molecule has 0 saturated heterocycles. The topological polar surface area (TPSA) is 90.2 Å². The minimum atomic E-state index is -0.925. The lowest BCUT2D eigenvalue weighted by Gasteiger charge is -2.16. The zero-order chi connectivity index (χ0) is 13.8. The molecular weight excluding hydrogens is 244 g/mol. The number of carbonyl (C=O) groups is 2. The fourth-order valence-electron chi connectivity index (χ4n) is 2.48. The molecule has 0 bridgehead atoms. The molecule has 0 aliphatic heterocycles. The number of aliphatic carboxylic acids is 1. The predicted molar refractivity (Wildman–Crippen MR) is 68.3 cm³/mol. The first-order valence-corrected chi connectivity index (χ1v) is 6.16. The van der Waals surface area contributed by atoms with Crippen LogP contribution in [0.4, 0.5) is 5.69 Å². The SMILES string of the molecule is N#Cc1ccccc1NC(=O)[C@@H]1CCC[C@@H]1C(=O)O. The van der Waals surface area contributed by atoms with Crippen molar-refractivity contribution in [1.29, 1.82) is 5.26 Å². The normalized spacial score (nSPS) is 21.6. The summed E-state index contributed by atoms with van der Waals surface area (Å²) in [6, 6.07) is 8.68. The number of hydrogen-bond donors (Lipinski definition) is 2. The van der Waals surface area contributed by atoms with E-state index in [4.69, 9.17) is 10.4 Å². The van der Waals surface area contributed by atoms with E-state index in [1.807, 2.05) is 6.07 Å². The summed E-state index contributed by atoms with van der Waals surface area (Å²) in [6.07, 6.45) is 1.86. The molecule has 1 aromatic carbocycles. The Bertz CT molecular complexity index is 548. The molecule has 19 heavy (non-hydrogen) atoms. The summed E-state index contributed by atoms with van der Waals surface area (Å²) >= 11 is 0. The van der Waals surface area contributed by atoms with Crippen LogP contribution in [0.15, 0.2) is 24.3 Å². The monoisotopic (exact) mass is 258 g/mol. The van der Waals surface area contributed by atoms with Crippen LogP contribution < -0.4 is 5.32 Å². The number of benzene rings is 1. The number of hydrogen-bond acceptors (Lipinski definition) is 3. The van der Waals surface area contributed by atoms with E-state index in [-0.39, 0.29) is 5.91 Å². The van der Waals surface area contributed by atoms with Crippen LogP contribution in [0, 0.1) is 23.2 Å². The maximum atomic E-state index is 12.1. The van der Waals surface area contributed by atoms with Crippen molar-refractivity contribution in [1.82, 2.24) is 0 Å². The highest BCUT2D eigenvalue weighted by molar-refractivity contribution is 5.96. The molecule has 5 heteroatoms. The second-order valence-electron chi connectivity index (χ2n) is 4.63. The van der Waals surface area contributed by atoms with Crippen molar-refractivity contribution in [3.05, 3.63) is 29.8 Å². The van der Waals surface area contributed by atoms with E-state index < -0.39 is 17.8 Å². The van der Waals surface area contributed by atoms with Gasteiger partial charge < -0.3 is 10.4 Å². The van der Waals surface area contributed by atoms with Gasteiger partial charge in [-0.25, -0.2) is 0 Å². The minimum absolute atomic E-state index is 0.312. The van der Waals surface area contributed by atoms with E-state index in [0.717, 1.165) is 6.42 Å². The average molecular weight is 258 g/mol. The summed E-state index contributed by atoms with van der Waals surface area (Å²) in [5, 5.41) is 20.7. The molecule has 5 nitrogen and oxygen atoms in total. The largest absolute Gasteiger partial charge is 0.481 e. The van der Waals surface area contributed by atoms with Crippen LogP contribution in [0.25, 0.3) is 0 Å². The quantitative estimate of drug-likeness (QED) is 0.867. The molecule has 0 unspecified atom stereocenters. The fourth-order valence-corrected chi connectivity index (χ4v) is 2.48. The Morgan fingerprint density at radius 1 is 1.26 bits per heavy atom. The van der Waals surface area contributed by atoms with E-state index in [2.05, 4.69) is 5.32 Å². The molecule has 2 atom stereocenters. The molecule has 98 valence electrons. The van der Waals surface area contributed by atoms with Crippen molar-refractivity contribution >= 4 is 17.6 Å².